The van der Waals surface area contributed by atoms with E-state index in [-0.39, 0.29) is 17.9 Å². The number of hydrogen-bond donors (Lipinski definition) is 0. The monoisotopic (exact) mass is 478 g/mol. The van der Waals surface area contributed by atoms with E-state index >= 15 is 0 Å². The van der Waals surface area contributed by atoms with Crippen molar-refractivity contribution in [1.82, 2.24) is 0 Å². The molecule has 0 amide bonds. The minimum atomic E-state index is 0.128. The van der Waals surface area contributed by atoms with Crippen molar-refractivity contribution >= 4 is 46.4 Å². The minimum Gasteiger partial charge on any atom is -0.490 e. The smallest absolute Gasteiger partial charge is 0.231 e. The second-order valence-electron chi connectivity index (χ2n) is 5.91. The third-order valence-corrected chi connectivity index (χ3v) is 4.73. The van der Waals surface area contributed by atoms with E-state index in [1.807, 2.05) is 18.2 Å². The summed E-state index contributed by atoms with van der Waals surface area (Å²) in [6, 6.07) is 8.81. The zero-order valence-corrected chi connectivity index (χ0v) is 18.3. The number of para-hydroxylation sites is 1. The van der Waals surface area contributed by atoms with Crippen molar-refractivity contribution in [3.05, 3.63) is 50.9 Å². The normalized spacial score (nSPS) is 11.9. The standard InChI is InChI=1S/C20H18Cl4O5/c21-14-10-13(25-9-6-18(23)24)11-15(22)19(14)27-8-2-1-7-26-16-4-3-5-17-20(16)29-12-28-17/h3-6,10-11H,1-2,7-9,12H2. The summed E-state index contributed by atoms with van der Waals surface area (Å²) in [6.45, 7) is 1.39. The van der Waals surface area contributed by atoms with Crippen LogP contribution in [0.15, 0.2) is 40.9 Å². The lowest BCUT2D eigenvalue weighted by Gasteiger charge is -2.12. The fourth-order valence-corrected chi connectivity index (χ4v) is 3.24. The third kappa shape index (κ3) is 6.41. The topological polar surface area (TPSA) is 46.2 Å². The zero-order valence-electron chi connectivity index (χ0n) is 15.3. The summed E-state index contributed by atoms with van der Waals surface area (Å²) in [4.78, 5) is 0. The molecule has 2 aromatic rings. The molecule has 0 N–H and O–H groups in total. The van der Waals surface area contributed by atoms with Crippen LogP contribution in [0.5, 0.6) is 28.7 Å². The van der Waals surface area contributed by atoms with E-state index in [1.165, 1.54) is 6.08 Å². The maximum atomic E-state index is 6.24. The highest BCUT2D eigenvalue weighted by molar-refractivity contribution is 6.55. The Balaban J connectivity index is 1.41. The Bertz CT molecular complexity index is 845. The van der Waals surface area contributed by atoms with Gasteiger partial charge in [0.05, 0.1) is 23.3 Å². The van der Waals surface area contributed by atoms with Crippen LogP contribution >= 0.6 is 46.4 Å². The molecule has 0 atom stereocenters. The van der Waals surface area contributed by atoms with E-state index in [1.54, 1.807) is 12.1 Å². The molecule has 0 fully saturated rings. The molecule has 9 heteroatoms. The van der Waals surface area contributed by atoms with Crippen molar-refractivity contribution < 1.29 is 23.7 Å². The largest absolute Gasteiger partial charge is 0.490 e. The molecule has 3 rings (SSSR count). The lowest BCUT2D eigenvalue weighted by molar-refractivity contribution is 0.169. The average Bonchev–Trinajstić information content (AvgIpc) is 3.15. The molecular weight excluding hydrogens is 462 g/mol. The number of halogens is 4. The molecular formula is C20H18Cl4O5. The fraction of sp³-hybridized carbons (Fsp3) is 0.300. The first-order valence-corrected chi connectivity index (χ1v) is 10.3. The second-order valence-corrected chi connectivity index (χ2v) is 7.74. The zero-order chi connectivity index (χ0) is 20.6. The van der Waals surface area contributed by atoms with Gasteiger partial charge in [-0.25, -0.2) is 0 Å². The van der Waals surface area contributed by atoms with E-state index < -0.39 is 0 Å². The quantitative estimate of drug-likeness (QED) is 0.356. The van der Waals surface area contributed by atoms with Crippen LogP contribution in [-0.2, 0) is 0 Å². The minimum absolute atomic E-state index is 0.128. The van der Waals surface area contributed by atoms with Gasteiger partial charge in [-0.2, -0.15) is 0 Å². The first-order valence-electron chi connectivity index (χ1n) is 8.82. The van der Waals surface area contributed by atoms with E-state index in [2.05, 4.69) is 0 Å². The summed E-state index contributed by atoms with van der Waals surface area (Å²) in [6.07, 6.45) is 3.06. The summed E-state index contributed by atoms with van der Waals surface area (Å²) in [5.41, 5.74) is 0. The molecule has 0 bridgehead atoms. The van der Waals surface area contributed by atoms with Gasteiger partial charge in [-0.1, -0.05) is 52.5 Å². The maximum Gasteiger partial charge on any atom is 0.231 e. The summed E-state index contributed by atoms with van der Waals surface area (Å²) >= 11 is 23.6. The van der Waals surface area contributed by atoms with Gasteiger partial charge in [-0.15, -0.1) is 0 Å². The molecule has 1 heterocycles. The van der Waals surface area contributed by atoms with Crippen molar-refractivity contribution in [3.8, 4) is 28.7 Å². The molecule has 2 aromatic carbocycles. The van der Waals surface area contributed by atoms with Crippen LogP contribution in [0.1, 0.15) is 12.8 Å². The Kier molecular flexibility index (Phi) is 8.30. The lowest BCUT2D eigenvalue weighted by atomic mass is 10.3. The predicted molar refractivity (Wildman–Crippen MR) is 115 cm³/mol. The average molecular weight is 480 g/mol. The lowest BCUT2D eigenvalue weighted by Crippen LogP contribution is -2.04. The van der Waals surface area contributed by atoms with Crippen molar-refractivity contribution in [2.75, 3.05) is 26.6 Å². The molecule has 0 radical (unpaired) electrons. The number of hydrogen-bond acceptors (Lipinski definition) is 5. The Morgan fingerprint density at radius 2 is 1.69 bits per heavy atom. The molecule has 5 nitrogen and oxygen atoms in total. The molecule has 156 valence electrons. The molecule has 0 unspecified atom stereocenters. The fourth-order valence-electron chi connectivity index (χ4n) is 2.54. The first-order chi connectivity index (χ1) is 14.0. The molecule has 29 heavy (non-hydrogen) atoms. The molecule has 0 aliphatic carbocycles. The van der Waals surface area contributed by atoms with Gasteiger partial charge in [0.15, 0.2) is 17.2 Å². The van der Waals surface area contributed by atoms with Crippen molar-refractivity contribution in [1.29, 1.82) is 0 Å². The van der Waals surface area contributed by atoms with Crippen LogP contribution < -0.4 is 23.7 Å². The summed E-state index contributed by atoms with van der Waals surface area (Å²) in [7, 11) is 0. The van der Waals surface area contributed by atoms with Gasteiger partial charge in [-0.3, -0.25) is 0 Å². The number of ether oxygens (including phenoxy) is 5. The molecule has 0 saturated carbocycles. The Hall–Kier alpha value is -1.66. The van der Waals surface area contributed by atoms with Gasteiger partial charge in [0.25, 0.3) is 0 Å². The number of unbranched alkanes of at least 4 members (excludes halogenated alkanes) is 1. The summed E-state index contributed by atoms with van der Waals surface area (Å²) in [5.74, 6) is 2.93. The Morgan fingerprint density at radius 1 is 0.966 bits per heavy atom. The van der Waals surface area contributed by atoms with Gasteiger partial charge >= 0.3 is 0 Å². The predicted octanol–water partition coefficient (Wildman–Crippen LogP) is 6.66. The van der Waals surface area contributed by atoms with Crippen molar-refractivity contribution in [3.63, 3.8) is 0 Å². The second kappa shape index (κ2) is 10.9. The van der Waals surface area contributed by atoms with Crippen molar-refractivity contribution in [2.24, 2.45) is 0 Å². The van der Waals surface area contributed by atoms with Gasteiger partial charge < -0.3 is 23.7 Å². The summed E-state index contributed by atoms with van der Waals surface area (Å²) in [5, 5.41) is 0.725. The van der Waals surface area contributed by atoms with Crippen LogP contribution in [0, 0.1) is 0 Å². The Labute approximate surface area is 188 Å². The van der Waals surface area contributed by atoms with Gasteiger partial charge in [0, 0.05) is 12.1 Å². The van der Waals surface area contributed by atoms with E-state index in [4.69, 9.17) is 70.1 Å². The van der Waals surface area contributed by atoms with Gasteiger partial charge in [-0.05, 0) is 31.1 Å². The third-order valence-electron chi connectivity index (χ3n) is 3.86. The van der Waals surface area contributed by atoms with Crippen LogP contribution in [0.4, 0.5) is 0 Å². The van der Waals surface area contributed by atoms with Crippen LogP contribution in [0.25, 0.3) is 0 Å². The van der Waals surface area contributed by atoms with Crippen LogP contribution in [-0.4, -0.2) is 26.6 Å². The summed E-state index contributed by atoms with van der Waals surface area (Å²) < 4.78 is 27.8. The molecule has 0 aromatic heterocycles. The number of benzene rings is 2. The Morgan fingerprint density at radius 3 is 2.41 bits per heavy atom. The van der Waals surface area contributed by atoms with Crippen LogP contribution in [0.2, 0.25) is 10.0 Å². The molecule has 0 saturated heterocycles. The molecule has 1 aliphatic heterocycles. The maximum absolute atomic E-state index is 6.24. The van der Waals surface area contributed by atoms with E-state index in [0.717, 1.165) is 12.8 Å². The van der Waals surface area contributed by atoms with E-state index in [9.17, 15) is 0 Å². The van der Waals surface area contributed by atoms with Crippen LogP contribution in [0.3, 0.4) is 0 Å². The highest BCUT2D eigenvalue weighted by Gasteiger charge is 2.18. The number of rotatable bonds is 10. The van der Waals surface area contributed by atoms with E-state index in [0.29, 0.717) is 52.0 Å². The number of fused-ring (bicyclic) bond motifs is 1. The van der Waals surface area contributed by atoms with Crippen molar-refractivity contribution in [2.45, 2.75) is 12.8 Å². The highest BCUT2D eigenvalue weighted by atomic mass is 35.5. The van der Waals surface area contributed by atoms with Gasteiger partial charge in [0.2, 0.25) is 12.5 Å². The molecule has 0 spiro atoms. The SMILES string of the molecule is ClC(Cl)=CCOc1cc(Cl)c(OCCCCOc2cccc3c2OCO3)c(Cl)c1. The highest BCUT2D eigenvalue weighted by Crippen LogP contribution is 2.40. The first kappa shape index (κ1) is 22.0. The molecule has 1 aliphatic rings. The van der Waals surface area contributed by atoms with Gasteiger partial charge in [0.1, 0.15) is 16.8 Å².